The quantitative estimate of drug-likeness (QED) is 0.799. The minimum Gasteiger partial charge on any atom is -0.490 e. The molecule has 1 saturated carbocycles. The smallest absolute Gasteiger partial charge is 0.120 e. The summed E-state index contributed by atoms with van der Waals surface area (Å²) < 4.78 is 6.31. The van der Waals surface area contributed by atoms with Crippen molar-refractivity contribution in [2.45, 2.75) is 58.0 Å². The lowest BCUT2D eigenvalue weighted by atomic mass is 9.61. The Morgan fingerprint density at radius 1 is 1.22 bits per heavy atom. The Labute approximate surface area is 165 Å². The number of likely N-dealkylation sites (tertiary alicyclic amines) is 1. The van der Waals surface area contributed by atoms with E-state index in [-0.39, 0.29) is 0 Å². The van der Waals surface area contributed by atoms with Gasteiger partial charge in [-0.2, -0.15) is 0 Å². The van der Waals surface area contributed by atoms with Gasteiger partial charge in [0.1, 0.15) is 5.75 Å². The fourth-order valence-corrected chi connectivity index (χ4v) is 5.39. The Kier molecular flexibility index (Phi) is 5.89. The average molecular weight is 369 g/mol. The number of aryl methyl sites for hydroxylation is 1. The lowest BCUT2D eigenvalue weighted by Crippen LogP contribution is -2.51. The van der Waals surface area contributed by atoms with E-state index in [0.717, 1.165) is 18.1 Å². The molecule has 3 fully saturated rings. The van der Waals surface area contributed by atoms with E-state index in [0.29, 0.717) is 11.5 Å². The molecule has 0 atom stereocenters. The lowest BCUT2D eigenvalue weighted by Gasteiger charge is -2.52. The van der Waals surface area contributed by atoms with E-state index >= 15 is 0 Å². The van der Waals surface area contributed by atoms with E-state index in [1.165, 1.54) is 82.4 Å². The minimum atomic E-state index is 0.417. The Hall–Kier alpha value is -1.32. The van der Waals surface area contributed by atoms with Crippen molar-refractivity contribution in [3.05, 3.63) is 35.9 Å². The SMILES string of the molecule is C=Cc1ccc(OC2CC3(CCN(CC4CCNCC4)CC3)C2)cc1CC. The number of ether oxygens (including phenoxy) is 1. The number of rotatable bonds is 6. The van der Waals surface area contributed by atoms with Crippen LogP contribution < -0.4 is 10.1 Å². The number of benzene rings is 1. The van der Waals surface area contributed by atoms with Crippen LogP contribution in [0, 0.1) is 11.3 Å². The van der Waals surface area contributed by atoms with Gasteiger partial charge in [-0.3, -0.25) is 0 Å². The van der Waals surface area contributed by atoms with Gasteiger partial charge in [-0.05, 0) is 106 Å². The average Bonchev–Trinajstić information content (AvgIpc) is 2.69. The molecule has 0 radical (unpaired) electrons. The molecule has 1 aromatic carbocycles. The molecular formula is C24H36N2O. The van der Waals surface area contributed by atoms with Crippen LogP contribution in [0.4, 0.5) is 0 Å². The Morgan fingerprint density at radius 2 is 1.96 bits per heavy atom. The first-order valence-corrected chi connectivity index (χ1v) is 11.0. The maximum Gasteiger partial charge on any atom is 0.120 e. The monoisotopic (exact) mass is 368 g/mol. The third-order valence-electron chi connectivity index (χ3n) is 7.23. The van der Waals surface area contributed by atoms with Crippen molar-refractivity contribution in [3.8, 4) is 5.75 Å². The molecule has 1 spiro atoms. The summed E-state index contributed by atoms with van der Waals surface area (Å²) in [6, 6.07) is 6.47. The van der Waals surface area contributed by atoms with E-state index < -0.39 is 0 Å². The zero-order valence-corrected chi connectivity index (χ0v) is 17.0. The molecule has 3 heteroatoms. The van der Waals surface area contributed by atoms with E-state index in [4.69, 9.17) is 4.74 Å². The first-order chi connectivity index (χ1) is 13.2. The van der Waals surface area contributed by atoms with Gasteiger partial charge in [0.2, 0.25) is 0 Å². The molecule has 2 heterocycles. The summed E-state index contributed by atoms with van der Waals surface area (Å²) >= 11 is 0. The molecule has 0 unspecified atom stereocenters. The number of hydrogen-bond donors (Lipinski definition) is 1. The third kappa shape index (κ3) is 4.41. The van der Waals surface area contributed by atoms with Crippen molar-refractivity contribution >= 4 is 6.08 Å². The summed E-state index contributed by atoms with van der Waals surface area (Å²) in [4.78, 5) is 2.73. The zero-order chi connectivity index (χ0) is 18.7. The van der Waals surface area contributed by atoms with Crippen LogP contribution in [-0.4, -0.2) is 43.7 Å². The van der Waals surface area contributed by atoms with Crippen molar-refractivity contribution < 1.29 is 4.74 Å². The van der Waals surface area contributed by atoms with E-state index in [2.05, 4.69) is 41.9 Å². The molecule has 1 N–H and O–H groups in total. The third-order valence-corrected chi connectivity index (χ3v) is 7.23. The first-order valence-electron chi connectivity index (χ1n) is 11.0. The standard InChI is InChI=1S/C24H36N2O/c1-3-20-5-6-22(15-21(20)4-2)27-23-16-24(17-23)9-13-26(14-10-24)18-19-7-11-25-12-8-19/h3,5-6,15,19,23,25H,1,4,7-14,16-18H2,2H3. The number of nitrogens with zero attached hydrogens (tertiary/aromatic N) is 1. The summed E-state index contributed by atoms with van der Waals surface area (Å²) in [6.45, 7) is 12.5. The second-order valence-corrected chi connectivity index (χ2v) is 9.06. The van der Waals surface area contributed by atoms with Gasteiger partial charge in [-0.15, -0.1) is 0 Å². The summed E-state index contributed by atoms with van der Waals surface area (Å²) in [6.07, 6.45) is 11.3. The highest BCUT2D eigenvalue weighted by Gasteiger charge is 2.47. The number of hydrogen-bond acceptors (Lipinski definition) is 3. The summed E-state index contributed by atoms with van der Waals surface area (Å²) in [5, 5.41) is 3.48. The Morgan fingerprint density at radius 3 is 2.63 bits per heavy atom. The van der Waals surface area contributed by atoms with Gasteiger partial charge in [0.15, 0.2) is 0 Å². The summed E-state index contributed by atoms with van der Waals surface area (Å²) in [5.41, 5.74) is 3.14. The summed E-state index contributed by atoms with van der Waals surface area (Å²) in [7, 11) is 0. The van der Waals surface area contributed by atoms with Crippen molar-refractivity contribution in [3.63, 3.8) is 0 Å². The predicted molar refractivity (Wildman–Crippen MR) is 113 cm³/mol. The Balaban J connectivity index is 1.23. The van der Waals surface area contributed by atoms with Gasteiger partial charge in [0.05, 0.1) is 6.10 Å². The van der Waals surface area contributed by atoms with Crippen LogP contribution in [-0.2, 0) is 6.42 Å². The largest absolute Gasteiger partial charge is 0.490 e. The van der Waals surface area contributed by atoms with Crippen LogP contribution in [0.25, 0.3) is 6.08 Å². The molecule has 2 aliphatic heterocycles. The van der Waals surface area contributed by atoms with Crippen molar-refractivity contribution in [2.24, 2.45) is 11.3 Å². The molecule has 27 heavy (non-hydrogen) atoms. The van der Waals surface area contributed by atoms with Crippen LogP contribution in [0.2, 0.25) is 0 Å². The molecule has 2 saturated heterocycles. The second-order valence-electron chi connectivity index (χ2n) is 9.06. The molecule has 0 aromatic heterocycles. The van der Waals surface area contributed by atoms with E-state index in [9.17, 15) is 0 Å². The molecular weight excluding hydrogens is 332 g/mol. The highest BCUT2D eigenvalue weighted by Crippen LogP contribution is 2.50. The predicted octanol–water partition coefficient (Wildman–Crippen LogP) is 4.52. The second kappa shape index (κ2) is 8.36. The highest BCUT2D eigenvalue weighted by molar-refractivity contribution is 5.54. The van der Waals surface area contributed by atoms with Crippen LogP contribution >= 0.6 is 0 Å². The fourth-order valence-electron chi connectivity index (χ4n) is 5.39. The first kappa shape index (κ1) is 19.0. The highest BCUT2D eigenvalue weighted by atomic mass is 16.5. The molecule has 1 aromatic rings. The number of piperidine rings is 2. The van der Waals surface area contributed by atoms with Crippen molar-refractivity contribution in [2.75, 3.05) is 32.7 Å². The van der Waals surface area contributed by atoms with Gasteiger partial charge < -0.3 is 15.0 Å². The van der Waals surface area contributed by atoms with Gasteiger partial charge in [-0.25, -0.2) is 0 Å². The number of nitrogens with one attached hydrogen (secondary N) is 1. The van der Waals surface area contributed by atoms with E-state index in [1.807, 2.05) is 6.08 Å². The molecule has 0 amide bonds. The molecule has 3 nitrogen and oxygen atoms in total. The van der Waals surface area contributed by atoms with Crippen LogP contribution in [0.3, 0.4) is 0 Å². The fraction of sp³-hybridized carbons (Fsp3) is 0.667. The molecule has 148 valence electrons. The van der Waals surface area contributed by atoms with Crippen molar-refractivity contribution in [1.82, 2.24) is 10.2 Å². The normalized spacial score (nSPS) is 23.9. The topological polar surface area (TPSA) is 24.5 Å². The molecule has 1 aliphatic carbocycles. The van der Waals surface area contributed by atoms with Gasteiger partial charge >= 0.3 is 0 Å². The lowest BCUT2D eigenvalue weighted by molar-refractivity contribution is -0.0574. The summed E-state index contributed by atoms with van der Waals surface area (Å²) in [5.74, 6) is 1.96. The maximum absolute atomic E-state index is 6.31. The molecule has 3 aliphatic rings. The van der Waals surface area contributed by atoms with Crippen LogP contribution in [0.15, 0.2) is 24.8 Å². The minimum absolute atomic E-state index is 0.417. The van der Waals surface area contributed by atoms with Gasteiger partial charge in [0, 0.05) is 6.54 Å². The zero-order valence-electron chi connectivity index (χ0n) is 17.0. The van der Waals surface area contributed by atoms with Crippen LogP contribution in [0.1, 0.15) is 56.6 Å². The van der Waals surface area contributed by atoms with Crippen molar-refractivity contribution in [1.29, 1.82) is 0 Å². The van der Waals surface area contributed by atoms with Crippen LogP contribution in [0.5, 0.6) is 5.75 Å². The van der Waals surface area contributed by atoms with E-state index in [1.54, 1.807) is 0 Å². The van der Waals surface area contributed by atoms with Gasteiger partial charge in [-0.1, -0.05) is 25.6 Å². The van der Waals surface area contributed by atoms with Gasteiger partial charge in [0.25, 0.3) is 0 Å². The maximum atomic E-state index is 6.31. The molecule has 4 rings (SSSR count). The molecule has 0 bridgehead atoms. The Bertz CT molecular complexity index is 634.